The highest BCUT2D eigenvalue weighted by Gasteiger charge is 2.22. The first-order valence-corrected chi connectivity index (χ1v) is 7.46. The van der Waals surface area contributed by atoms with Gasteiger partial charge in [0.05, 0.1) is 6.20 Å². The Morgan fingerprint density at radius 2 is 2.00 bits per heavy atom. The SMILES string of the molecule is CC(C)(C)OC(=O)c1ccc(F)cc1Oc1cnc2[nH]ccc2c1. The van der Waals surface area contributed by atoms with Crippen molar-refractivity contribution in [3.05, 3.63) is 54.1 Å². The van der Waals surface area contributed by atoms with Gasteiger partial charge < -0.3 is 14.5 Å². The quantitative estimate of drug-likeness (QED) is 0.722. The minimum absolute atomic E-state index is 0.0842. The number of hydrogen-bond donors (Lipinski definition) is 1. The zero-order chi connectivity index (χ0) is 17.3. The molecule has 1 N–H and O–H groups in total. The second-order valence-electron chi connectivity index (χ2n) is 6.33. The van der Waals surface area contributed by atoms with Crippen LogP contribution in [0.1, 0.15) is 31.1 Å². The number of pyridine rings is 1. The first-order chi connectivity index (χ1) is 11.3. The van der Waals surface area contributed by atoms with Crippen LogP contribution in [0.3, 0.4) is 0 Å². The minimum Gasteiger partial charge on any atom is -0.456 e. The molecule has 6 heteroatoms. The third-order valence-corrected chi connectivity index (χ3v) is 3.17. The minimum atomic E-state index is -0.658. The number of nitrogens with one attached hydrogen (secondary N) is 1. The second-order valence-corrected chi connectivity index (χ2v) is 6.33. The number of halogens is 1. The van der Waals surface area contributed by atoms with E-state index in [9.17, 15) is 9.18 Å². The van der Waals surface area contributed by atoms with Gasteiger partial charge >= 0.3 is 5.97 Å². The molecule has 3 rings (SSSR count). The number of esters is 1. The van der Waals surface area contributed by atoms with E-state index in [0.29, 0.717) is 11.4 Å². The van der Waals surface area contributed by atoms with E-state index in [2.05, 4.69) is 9.97 Å². The summed E-state index contributed by atoms with van der Waals surface area (Å²) in [5.41, 5.74) is 0.211. The molecule has 0 aliphatic rings. The fourth-order valence-corrected chi connectivity index (χ4v) is 2.18. The Kier molecular flexibility index (Phi) is 3.97. The summed E-state index contributed by atoms with van der Waals surface area (Å²) in [4.78, 5) is 19.5. The Balaban J connectivity index is 1.94. The van der Waals surface area contributed by atoms with E-state index in [4.69, 9.17) is 9.47 Å². The molecule has 124 valence electrons. The number of rotatable bonds is 3. The van der Waals surface area contributed by atoms with Gasteiger partial charge in [-0.15, -0.1) is 0 Å². The molecule has 0 fully saturated rings. The van der Waals surface area contributed by atoms with Crippen LogP contribution in [0, 0.1) is 5.82 Å². The van der Waals surface area contributed by atoms with E-state index in [0.717, 1.165) is 11.5 Å². The van der Waals surface area contributed by atoms with Crippen molar-refractivity contribution < 1.29 is 18.7 Å². The maximum absolute atomic E-state index is 13.6. The lowest BCUT2D eigenvalue weighted by molar-refractivity contribution is 0.00671. The smallest absolute Gasteiger partial charge is 0.342 e. The summed E-state index contributed by atoms with van der Waals surface area (Å²) in [6.45, 7) is 5.29. The van der Waals surface area contributed by atoms with Crippen LogP contribution in [-0.4, -0.2) is 21.5 Å². The number of aromatic amines is 1. The number of hydrogen-bond acceptors (Lipinski definition) is 4. The average Bonchev–Trinajstić information content (AvgIpc) is 2.93. The van der Waals surface area contributed by atoms with E-state index < -0.39 is 17.4 Å². The lowest BCUT2D eigenvalue weighted by Crippen LogP contribution is -2.24. The molecule has 0 unspecified atom stereocenters. The zero-order valence-electron chi connectivity index (χ0n) is 13.6. The first-order valence-electron chi connectivity index (χ1n) is 7.46. The molecule has 0 aliphatic carbocycles. The van der Waals surface area contributed by atoms with Crippen molar-refractivity contribution in [2.45, 2.75) is 26.4 Å². The summed E-state index contributed by atoms with van der Waals surface area (Å²) in [6.07, 6.45) is 3.26. The van der Waals surface area contributed by atoms with Gasteiger partial charge in [-0.25, -0.2) is 14.2 Å². The van der Waals surface area contributed by atoms with Crippen LogP contribution in [0.15, 0.2) is 42.7 Å². The number of fused-ring (bicyclic) bond motifs is 1. The van der Waals surface area contributed by atoms with Gasteiger partial charge in [0.1, 0.15) is 34.1 Å². The average molecular weight is 328 g/mol. The molecule has 5 nitrogen and oxygen atoms in total. The van der Waals surface area contributed by atoms with Crippen LogP contribution in [0.25, 0.3) is 11.0 Å². The molecule has 0 radical (unpaired) electrons. The van der Waals surface area contributed by atoms with Gasteiger partial charge in [0.25, 0.3) is 0 Å². The maximum Gasteiger partial charge on any atom is 0.342 e. The van der Waals surface area contributed by atoms with Crippen molar-refractivity contribution in [2.75, 3.05) is 0 Å². The van der Waals surface area contributed by atoms with E-state index in [1.165, 1.54) is 18.3 Å². The number of carbonyl (C=O) groups excluding carboxylic acids is 1. The van der Waals surface area contributed by atoms with Crippen molar-refractivity contribution in [1.82, 2.24) is 9.97 Å². The molecular formula is C18H17FN2O3. The van der Waals surface area contributed by atoms with Crippen LogP contribution >= 0.6 is 0 Å². The van der Waals surface area contributed by atoms with E-state index >= 15 is 0 Å². The van der Waals surface area contributed by atoms with Crippen molar-refractivity contribution in [2.24, 2.45) is 0 Å². The molecule has 3 aromatic rings. The number of H-pyrrole nitrogens is 1. The zero-order valence-corrected chi connectivity index (χ0v) is 13.6. The van der Waals surface area contributed by atoms with Gasteiger partial charge in [-0.05, 0) is 45.0 Å². The molecule has 0 saturated heterocycles. The number of aromatic nitrogens is 2. The fourth-order valence-electron chi connectivity index (χ4n) is 2.18. The number of ether oxygens (including phenoxy) is 2. The van der Waals surface area contributed by atoms with Crippen molar-refractivity contribution >= 4 is 17.0 Å². The molecule has 0 aliphatic heterocycles. The Morgan fingerprint density at radius 1 is 1.21 bits per heavy atom. The predicted octanol–water partition coefficient (Wildman–Crippen LogP) is 4.45. The molecule has 0 atom stereocenters. The van der Waals surface area contributed by atoms with Crippen LogP contribution in [0.4, 0.5) is 4.39 Å². The van der Waals surface area contributed by atoms with Crippen LogP contribution in [0.5, 0.6) is 11.5 Å². The van der Waals surface area contributed by atoms with Crippen molar-refractivity contribution in [1.29, 1.82) is 0 Å². The standard InChI is InChI=1S/C18H17FN2O3/c1-18(2,3)24-17(22)14-5-4-12(19)9-15(14)23-13-8-11-6-7-20-16(11)21-10-13/h4-10H,1-3H3,(H,20,21). The molecule has 0 spiro atoms. The molecule has 0 bridgehead atoms. The summed E-state index contributed by atoms with van der Waals surface area (Å²) in [7, 11) is 0. The highest BCUT2D eigenvalue weighted by molar-refractivity contribution is 5.93. The molecule has 2 aromatic heterocycles. The lowest BCUT2D eigenvalue weighted by atomic mass is 10.1. The molecular weight excluding hydrogens is 311 g/mol. The summed E-state index contributed by atoms with van der Waals surface area (Å²) in [5.74, 6) is -0.598. The van der Waals surface area contributed by atoms with E-state index in [1.54, 1.807) is 33.0 Å². The van der Waals surface area contributed by atoms with Crippen LogP contribution in [0.2, 0.25) is 0 Å². The third kappa shape index (κ3) is 3.53. The van der Waals surface area contributed by atoms with Crippen LogP contribution in [-0.2, 0) is 4.74 Å². The number of benzene rings is 1. The van der Waals surface area contributed by atoms with Gasteiger partial charge in [0.15, 0.2) is 0 Å². The highest BCUT2D eigenvalue weighted by Crippen LogP contribution is 2.29. The van der Waals surface area contributed by atoms with Gasteiger partial charge in [0, 0.05) is 17.6 Å². The van der Waals surface area contributed by atoms with E-state index in [1.807, 2.05) is 6.07 Å². The summed E-state index contributed by atoms with van der Waals surface area (Å²) >= 11 is 0. The summed E-state index contributed by atoms with van der Waals surface area (Å²) in [6, 6.07) is 7.29. The Bertz CT molecular complexity index is 897. The molecule has 0 amide bonds. The van der Waals surface area contributed by atoms with Gasteiger partial charge in [-0.2, -0.15) is 0 Å². The Hall–Kier alpha value is -2.89. The van der Waals surface area contributed by atoms with Crippen molar-refractivity contribution in [3.63, 3.8) is 0 Å². The lowest BCUT2D eigenvalue weighted by Gasteiger charge is -2.20. The summed E-state index contributed by atoms with van der Waals surface area (Å²) < 4.78 is 24.6. The highest BCUT2D eigenvalue weighted by atomic mass is 19.1. The Morgan fingerprint density at radius 3 is 2.75 bits per heavy atom. The topological polar surface area (TPSA) is 64.2 Å². The number of carbonyl (C=O) groups is 1. The normalized spacial score (nSPS) is 11.5. The summed E-state index contributed by atoms with van der Waals surface area (Å²) in [5, 5.41) is 0.850. The largest absolute Gasteiger partial charge is 0.456 e. The first kappa shape index (κ1) is 16.0. The van der Waals surface area contributed by atoms with Crippen LogP contribution < -0.4 is 4.74 Å². The molecule has 2 heterocycles. The predicted molar refractivity (Wildman–Crippen MR) is 87.7 cm³/mol. The molecule has 0 saturated carbocycles. The monoisotopic (exact) mass is 328 g/mol. The third-order valence-electron chi connectivity index (χ3n) is 3.17. The van der Waals surface area contributed by atoms with Gasteiger partial charge in [0.2, 0.25) is 0 Å². The maximum atomic E-state index is 13.6. The fraction of sp³-hybridized carbons (Fsp3) is 0.222. The van der Waals surface area contributed by atoms with Gasteiger partial charge in [-0.3, -0.25) is 0 Å². The number of nitrogens with zero attached hydrogens (tertiary/aromatic N) is 1. The Labute approximate surface area is 138 Å². The van der Waals surface area contributed by atoms with Gasteiger partial charge in [-0.1, -0.05) is 0 Å². The second kappa shape index (κ2) is 5.96. The van der Waals surface area contributed by atoms with Crippen molar-refractivity contribution in [3.8, 4) is 11.5 Å². The molecule has 1 aromatic carbocycles. The molecule has 24 heavy (non-hydrogen) atoms. The van der Waals surface area contributed by atoms with E-state index in [-0.39, 0.29) is 11.3 Å².